The van der Waals surface area contributed by atoms with Crippen molar-refractivity contribution in [3.8, 4) is 0 Å². The highest BCUT2D eigenvalue weighted by Crippen LogP contribution is 2.14. The molecule has 0 aliphatic rings. The van der Waals surface area contributed by atoms with Gasteiger partial charge in [-0.05, 0) is 6.92 Å². The van der Waals surface area contributed by atoms with Gasteiger partial charge in [0.05, 0.1) is 25.3 Å². The van der Waals surface area contributed by atoms with E-state index in [0.29, 0.717) is 0 Å². The summed E-state index contributed by atoms with van der Waals surface area (Å²) in [5, 5.41) is 23.5. The summed E-state index contributed by atoms with van der Waals surface area (Å²) in [5.74, 6) is 0. The molecule has 0 radical (unpaired) electrons. The zero-order valence-corrected chi connectivity index (χ0v) is 8.80. The van der Waals surface area contributed by atoms with Crippen LogP contribution in [-0.4, -0.2) is 60.0 Å². The number of aliphatic hydroxyl groups is 2. The lowest BCUT2D eigenvalue weighted by Crippen LogP contribution is -2.53. The molecule has 1 atom stereocenters. The number of hydrogen-bond donors (Lipinski definition) is 2. The Balaban J connectivity index is 4.50. The van der Waals surface area contributed by atoms with Gasteiger partial charge in [-0.1, -0.05) is 10.4 Å². The van der Waals surface area contributed by atoms with E-state index in [-0.39, 0.29) is 39.4 Å². The first kappa shape index (κ1) is 14.1. The minimum absolute atomic E-state index is 0.0500. The predicted molar refractivity (Wildman–Crippen MR) is 55.5 cm³/mol. The Morgan fingerprint density at radius 3 is 2.27 bits per heavy atom. The summed E-state index contributed by atoms with van der Waals surface area (Å²) in [4.78, 5) is 21.9. The third kappa shape index (κ3) is 4.41. The summed E-state index contributed by atoms with van der Waals surface area (Å²) >= 11 is 0. The molecule has 7 heteroatoms. The van der Waals surface area contributed by atoms with Crippen molar-refractivity contribution in [3.05, 3.63) is 9.81 Å². The molecule has 0 spiro atoms. The van der Waals surface area contributed by atoms with Crippen LogP contribution >= 0.6 is 0 Å². The highest BCUT2D eigenvalue weighted by Gasteiger charge is 2.31. The summed E-state index contributed by atoms with van der Waals surface area (Å²) < 4.78 is 0. The summed E-state index contributed by atoms with van der Waals surface area (Å²) in [6, 6.07) is 0. The molecule has 0 saturated heterocycles. The molecule has 0 bridgehead atoms. The fourth-order valence-corrected chi connectivity index (χ4v) is 1.32. The van der Waals surface area contributed by atoms with Gasteiger partial charge in [-0.25, -0.2) is 0 Å². The van der Waals surface area contributed by atoms with Crippen molar-refractivity contribution in [2.45, 2.75) is 12.5 Å². The van der Waals surface area contributed by atoms with Crippen LogP contribution in [0.2, 0.25) is 0 Å². The van der Waals surface area contributed by atoms with Crippen molar-refractivity contribution in [3.63, 3.8) is 0 Å². The van der Waals surface area contributed by atoms with E-state index in [9.17, 15) is 14.9 Å². The van der Waals surface area contributed by atoms with E-state index in [0.717, 1.165) is 0 Å². The van der Waals surface area contributed by atoms with Crippen LogP contribution in [0.5, 0.6) is 0 Å². The van der Waals surface area contributed by atoms with Gasteiger partial charge in [0.15, 0.2) is 0 Å². The second-order valence-electron chi connectivity index (χ2n) is 3.51. The van der Waals surface area contributed by atoms with Crippen molar-refractivity contribution < 1.29 is 10.2 Å². The molecular formula is C8H17N3O4. The monoisotopic (exact) mass is 219 g/mol. The molecule has 15 heavy (non-hydrogen) atoms. The molecular weight excluding hydrogens is 202 g/mol. The Morgan fingerprint density at radius 1 is 1.20 bits per heavy atom. The highest BCUT2D eigenvalue weighted by molar-refractivity contribution is 4.88. The Kier molecular flexibility index (Phi) is 6.93. The quantitative estimate of drug-likeness (QED) is 0.512. The summed E-state index contributed by atoms with van der Waals surface area (Å²) in [5.41, 5.74) is -0.838. The first-order chi connectivity index (χ1) is 7.14. The zero-order chi connectivity index (χ0) is 11.7. The van der Waals surface area contributed by atoms with Gasteiger partial charge in [0, 0.05) is 13.1 Å². The normalized spacial score (nSPS) is 14.9. The van der Waals surface area contributed by atoms with Gasteiger partial charge >= 0.3 is 0 Å². The summed E-state index contributed by atoms with van der Waals surface area (Å²) in [6.07, 6.45) is 0. The topological polar surface area (TPSA) is 103 Å². The van der Waals surface area contributed by atoms with E-state index >= 15 is 0 Å². The van der Waals surface area contributed by atoms with Crippen LogP contribution in [0.1, 0.15) is 6.92 Å². The van der Waals surface area contributed by atoms with Crippen LogP contribution in [0.4, 0.5) is 0 Å². The molecule has 0 saturated carbocycles. The van der Waals surface area contributed by atoms with Gasteiger partial charge in [0.25, 0.3) is 0 Å². The van der Waals surface area contributed by atoms with Crippen molar-refractivity contribution >= 4 is 0 Å². The van der Waals surface area contributed by atoms with Crippen LogP contribution in [0.25, 0.3) is 0 Å². The molecule has 0 aromatic heterocycles. The van der Waals surface area contributed by atoms with Gasteiger partial charge in [0.2, 0.25) is 0 Å². The minimum Gasteiger partial charge on any atom is -0.395 e. The van der Waals surface area contributed by atoms with Gasteiger partial charge in [-0.2, -0.15) is 9.81 Å². The number of rotatable bonds is 9. The molecule has 0 heterocycles. The summed E-state index contributed by atoms with van der Waals surface area (Å²) in [6.45, 7) is 1.77. The van der Waals surface area contributed by atoms with Gasteiger partial charge in [0.1, 0.15) is 6.54 Å². The van der Waals surface area contributed by atoms with E-state index in [4.69, 9.17) is 5.11 Å². The summed E-state index contributed by atoms with van der Waals surface area (Å²) in [7, 11) is 0. The molecule has 88 valence electrons. The molecule has 0 amide bonds. The van der Waals surface area contributed by atoms with E-state index < -0.39 is 5.54 Å². The number of β-amino-alcohol motifs (C(OH)–C–C–N with tert-alkyl or cyclic N) is 1. The molecule has 0 aliphatic heterocycles. The maximum atomic E-state index is 10.2. The second-order valence-corrected chi connectivity index (χ2v) is 3.51. The number of hydrogen-bond acceptors (Lipinski definition) is 7. The first-order valence-electron chi connectivity index (χ1n) is 4.69. The van der Waals surface area contributed by atoms with Crippen LogP contribution in [0.15, 0.2) is 10.4 Å². The Hall–Kier alpha value is -0.920. The molecule has 0 fully saturated rings. The lowest BCUT2D eigenvalue weighted by Gasteiger charge is -2.37. The van der Waals surface area contributed by atoms with E-state index in [2.05, 4.69) is 10.4 Å². The van der Waals surface area contributed by atoms with Crippen LogP contribution in [0, 0.1) is 9.81 Å². The second kappa shape index (κ2) is 7.38. The minimum atomic E-state index is -0.838. The third-order valence-corrected chi connectivity index (χ3v) is 2.34. The Morgan fingerprint density at radius 2 is 1.87 bits per heavy atom. The lowest BCUT2D eigenvalue weighted by molar-refractivity contribution is 0.0390. The fourth-order valence-electron chi connectivity index (χ4n) is 1.32. The molecule has 2 N–H and O–H groups in total. The molecule has 1 unspecified atom stereocenters. The van der Waals surface area contributed by atoms with Crippen molar-refractivity contribution in [1.29, 1.82) is 0 Å². The third-order valence-electron chi connectivity index (χ3n) is 2.34. The SMILES string of the molecule is CC(CO)(CN=O)N(CCO)CCN=O. The molecule has 0 aliphatic carbocycles. The zero-order valence-electron chi connectivity index (χ0n) is 8.80. The molecule has 0 aromatic carbocycles. The Bertz CT molecular complexity index is 202. The van der Waals surface area contributed by atoms with Gasteiger partial charge in [-0.15, -0.1) is 0 Å². The Labute approximate surface area is 88.0 Å². The average molecular weight is 219 g/mol. The maximum Gasteiger partial charge on any atom is 0.101 e. The first-order valence-corrected chi connectivity index (χ1v) is 4.69. The molecule has 7 nitrogen and oxygen atoms in total. The largest absolute Gasteiger partial charge is 0.395 e. The highest BCUT2D eigenvalue weighted by atomic mass is 16.3. The lowest BCUT2D eigenvalue weighted by atomic mass is 10.0. The van der Waals surface area contributed by atoms with E-state index in [1.54, 1.807) is 11.8 Å². The van der Waals surface area contributed by atoms with Crippen LogP contribution in [0.3, 0.4) is 0 Å². The van der Waals surface area contributed by atoms with Gasteiger partial charge < -0.3 is 10.2 Å². The fraction of sp³-hybridized carbons (Fsp3) is 1.00. The van der Waals surface area contributed by atoms with Crippen molar-refractivity contribution in [1.82, 2.24) is 4.90 Å². The van der Waals surface area contributed by atoms with Crippen LogP contribution in [-0.2, 0) is 0 Å². The molecule has 0 aromatic rings. The van der Waals surface area contributed by atoms with E-state index in [1.807, 2.05) is 0 Å². The van der Waals surface area contributed by atoms with Crippen molar-refractivity contribution in [2.24, 2.45) is 10.4 Å². The van der Waals surface area contributed by atoms with Crippen LogP contribution < -0.4 is 0 Å². The van der Waals surface area contributed by atoms with Gasteiger partial charge in [-0.3, -0.25) is 4.90 Å². The number of aliphatic hydroxyl groups excluding tert-OH is 2. The van der Waals surface area contributed by atoms with Crippen molar-refractivity contribution in [2.75, 3.05) is 39.4 Å². The number of nitroso groups, excluding NO2 is 2. The predicted octanol–water partition coefficient (Wildman–Crippen LogP) is -0.436. The smallest absolute Gasteiger partial charge is 0.101 e. The number of nitrogens with zero attached hydrogens (tertiary/aromatic N) is 3. The maximum absolute atomic E-state index is 10.2. The average Bonchev–Trinajstić information content (AvgIpc) is 2.24. The van der Waals surface area contributed by atoms with E-state index in [1.165, 1.54) is 0 Å². The molecule has 0 rings (SSSR count). The standard InChI is InChI=1S/C8H17N3O4/c1-8(7-13,6-10-15)11(4-5-12)3-2-9-14/h12-13H,2-7H2,1H3.